The molecule has 0 fully saturated rings. The number of aliphatic hydroxyl groups is 1. The van der Waals surface area contributed by atoms with Crippen molar-refractivity contribution >= 4 is 33.8 Å². The van der Waals surface area contributed by atoms with Crippen LogP contribution in [0.1, 0.15) is 245 Å². The Morgan fingerprint density at radius 2 is 0.808 bits per heavy atom. The van der Waals surface area contributed by atoms with Crippen LogP contribution in [-0.2, 0) is 9.59 Å². The van der Waals surface area contributed by atoms with Gasteiger partial charge in [-0.2, -0.15) is 0 Å². The third-order valence-electron chi connectivity index (χ3n) is 10.7. The van der Waals surface area contributed by atoms with Gasteiger partial charge in [-0.3, -0.25) is 9.59 Å². The van der Waals surface area contributed by atoms with E-state index >= 15 is 0 Å². The van der Waals surface area contributed by atoms with Crippen molar-refractivity contribution < 1.29 is 14.7 Å². The van der Waals surface area contributed by atoms with Crippen molar-refractivity contribution in [1.29, 1.82) is 0 Å². The van der Waals surface area contributed by atoms with Crippen LogP contribution in [0, 0.1) is 0 Å². The summed E-state index contributed by atoms with van der Waals surface area (Å²) in [6, 6.07) is 0. The van der Waals surface area contributed by atoms with Crippen LogP contribution in [0.2, 0.25) is 0 Å². The van der Waals surface area contributed by atoms with Gasteiger partial charge in [0.15, 0.2) is 10.2 Å². The van der Waals surface area contributed by atoms with Crippen molar-refractivity contribution in [2.45, 2.75) is 251 Å². The van der Waals surface area contributed by atoms with Crippen LogP contribution in [-0.4, -0.2) is 57.5 Å². The van der Waals surface area contributed by atoms with Gasteiger partial charge in [0.1, 0.15) is 0 Å². The Bertz CT molecular complexity index is 716. The summed E-state index contributed by atoms with van der Waals surface area (Å²) in [5, 5.41) is 10.9. The van der Waals surface area contributed by atoms with Gasteiger partial charge in [0.05, 0.1) is 6.61 Å². The maximum absolute atomic E-state index is 13.0. The lowest BCUT2D eigenvalue weighted by Crippen LogP contribution is -2.29. The molecule has 0 aliphatic heterocycles. The Balaban J connectivity index is 4.12. The first-order chi connectivity index (χ1) is 25.6. The van der Waals surface area contributed by atoms with Crippen molar-refractivity contribution in [3.63, 3.8) is 0 Å². The third kappa shape index (κ3) is 39.6. The van der Waals surface area contributed by atoms with Crippen LogP contribution in [0.15, 0.2) is 0 Å². The van der Waals surface area contributed by atoms with Crippen molar-refractivity contribution in [2.75, 3.05) is 32.0 Å². The van der Waals surface area contributed by atoms with Gasteiger partial charge < -0.3 is 10.0 Å². The number of hydrogen-bond donors (Lipinski definition) is 1. The van der Waals surface area contributed by atoms with Crippen molar-refractivity contribution in [3.8, 4) is 0 Å². The van der Waals surface area contributed by atoms with E-state index in [1.807, 2.05) is 0 Å². The van der Waals surface area contributed by atoms with Gasteiger partial charge in [-0.05, 0) is 58.0 Å². The lowest BCUT2D eigenvalue weighted by molar-refractivity contribution is -0.111. The molecule has 0 bridgehead atoms. The lowest BCUT2D eigenvalue weighted by atomic mass is 10.0. The summed E-state index contributed by atoms with van der Waals surface area (Å²) < 4.78 is 0. The molecule has 0 radical (unpaired) electrons. The standard InChI is InChI=1S/C46H91NO3S2/c1-4-7-10-13-16-19-22-25-34-43-51-45(49)37-30-26-32-39-47(41-42-48)40-33-27-31-38-46(50)52-44(35-28-23-20-17-14-11-8-5-2)36-29-24-21-18-15-12-9-6-3/h44,48H,4-43H2,1-3H3. The molecule has 1 N–H and O–H groups in total. The Labute approximate surface area is 334 Å². The van der Waals surface area contributed by atoms with Gasteiger partial charge in [0.2, 0.25) is 0 Å². The molecule has 0 aliphatic carbocycles. The number of thioether (sulfide) groups is 2. The molecule has 0 atom stereocenters. The normalized spacial score (nSPS) is 11.7. The predicted molar refractivity (Wildman–Crippen MR) is 236 cm³/mol. The Hall–Kier alpha value is -0.0400. The minimum absolute atomic E-state index is 0.197. The highest BCUT2D eigenvalue weighted by atomic mass is 32.2. The summed E-state index contributed by atoms with van der Waals surface area (Å²) in [6.45, 7) is 9.75. The zero-order valence-electron chi connectivity index (χ0n) is 35.4. The number of hydrogen-bond acceptors (Lipinski definition) is 6. The summed E-state index contributed by atoms with van der Waals surface area (Å²) >= 11 is 3.24. The average Bonchev–Trinajstić information content (AvgIpc) is 3.14. The van der Waals surface area contributed by atoms with E-state index in [4.69, 9.17) is 0 Å². The minimum Gasteiger partial charge on any atom is -0.395 e. The van der Waals surface area contributed by atoms with E-state index in [1.165, 1.54) is 173 Å². The predicted octanol–water partition coefficient (Wildman–Crippen LogP) is 14.9. The molecule has 52 heavy (non-hydrogen) atoms. The SMILES string of the molecule is CCCCCCCCCCCSC(=O)CCCCCN(CCO)CCCCCC(=O)SC(CCCCCCCCCC)CCCCCCCCCC. The fourth-order valence-corrected chi connectivity index (χ4v) is 9.30. The average molecular weight is 770 g/mol. The smallest absolute Gasteiger partial charge is 0.189 e. The molecular formula is C46H91NO3S2. The van der Waals surface area contributed by atoms with Crippen LogP contribution < -0.4 is 0 Å². The fourth-order valence-electron chi connectivity index (χ4n) is 7.23. The minimum atomic E-state index is 0.197. The summed E-state index contributed by atoms with van der Waals surface area (Å²) in [7, 11) is 0. The number of rotatable bonds is 43. The molecule has 0 aliphatic rings. The zero-order valence-corrected chi connectivity index (χ0v) is 37.0. The molecule has 0 unspecified atom stereocenters. The second-order valence-corrected chi connectivity index (χ2v) is 18.4. The molecule has 0 rings (SSSR count). The molecule has 0 aromatic carbocycles. The Morgan fingerprint density at radius 1 is 0.442 bits per heavy atom. The van der Waals surface area contributed by atoms with E-state index < -0.39 is 0 Å². The molecule has 0 saturated carbocycles. The Morgan fingerprint density at radius 3 is 1.23 bits per heavy atom. The summed E-state index contributed by atoms with van der Waals surface area (Å²) in [5.41, 5.74) is 0. The fraction of sp³-hybridized carbons (Fsp3) is 0.957. The van der Waals surface area contributed by atoms with Gasteiger partial charge in [-0.15, -0.1) is 0 Å². The first kappa shape index (κ1) is 52.0. The third-order valence-corrected chi connectivity index (χ3v) is 13.0. The molecule has 0 aromatic heterocycles. The highest BCUT2D eigenvalue weighted by Crippen LogP contribution is 2.27. The van der Waals surface area contributed by atoms with E-state index in [-0.39, 0.29) is 6.61 Å². The van der Waals surface area contributed by atoms with Gasteiger partial charge in [0, 0.05) is 30.4 Å². The van der Waals surface area contributed by atoms with E-state index in [2.05, 4.69) is 25.7 Å². The Kier molecular flexibility index (Phi) is 43.7. The van der Waals surface area contributed by atoms with Crippen LogP contribution >= 0.6 is 23.5 Å². The maximum Gasteiger partial charge on any atom is 0.189 e. The lowest BCUT2D eigenvalue weighted by Gasteiger charge is -2.21. The number of carbonyl (C=O) groups excluding carboxylic acids is 2. The first-order valence-electron chi connectivity index (χ1n) is 23.3. The zero-order chi connectivity index (χ0) is 38.0. The van der Waals surface area contributed by atoms with Crippen LogP contribution in [0.3, 0.4) is 0 Å². The van der Waals surface area contributed by atoms with Crippen LogP contribution in [0.25, 0.3) is 0 Å². The number of carbonyl (C=O) groups is 2. The largest absolute Gasteiger partial charge is 0.395 e. The molecule has 0 spiro atoms. The van der Waals surface area contributed by atoms with Crippen molar-refractivity contribution in [3.05, 3.63) is 0 Å². The molecule has 0 saturated heterocycles. The first-order valence-corrected chi connectivity index (χ1v) is 25.1. The van der Waals surface area contributed by atoms with E-state index in [0.717, 1.165) is 63.9 Å². The van der Waals surface area contributed by atoms with Crippen LogP contribution in [0.4, 0.5) is 0 Å². The highest BCUT2D eigenvalue weighted by Gasteiger charge is 2.15. The summed E-state index contributed by atoms with van der Waals surface area (Å²) in [6.07, 6.45) is 43.8. The second kappa shape index (κ2) is 43.7. The molecule has 0 amide bonds. The molecule has 310 valence electrons. The molecule has 0 aromatic rings. The number of nitrogens with zero attached hydrogens (tertiary/aromatic N) is 1. The maximum atomic E-state index is 13.0. The molecule has 0 heterocycles. The molecule has 6 heteroatoms. The van der Waals surface area contributed by atoms with Gasteiger partial charge in [0.25, 0.3) is 0 Å². The quantitative estimate of drug-likeness (QED) is 0.0623. The highest BCUT2D eigenvalue weighted by molar-refractivity contribution is 8.14. The van der Waals surface area contributed by atoms with Crippen molar-refractivity contribution in [2.24, 2.45) is 0 Å². The van der Waals surface area contributed by atoms with Gasteiger partial charge in [-0.1, -0.05) is 211 Å². The van der Waals surface area contributed by atoms with Crippen molar-refractivity contribution in [1.82, 2.24) is 4.90 Å². The monoisotopic (exact) mass is 770 g/mol. The number of unbranched alkanes of at least 4 members (excludes halogenated alkanes) is 26. The van der Waals surface area contributed by atoms with Gasteiger partial charge in [-0.25, -0.2) is 0 Å². The van der Waals surface area contributed by atoms with E-state index in [9.17, 15) is 14.7 Å². The van der Waals surface area contributed by atoms with E-state index in [1.54, 1.807) is 23.5 Å². The van der Waals surface area contributed by atoms with Crippen LogP contribution in [0.5, 0.6) is 0 Å². The summed E-state index contributed by atoms with van der Waals surface area (Å²) in [4.78, 5) is 27.7. The topological polar surface area (TPSA) is 57.6 Å². The van der Waals surface area contributed by atoms with Gasteiger partial charge >= 0.3 is 0 Å². The number of aliphatic hydroxyl groups excluding tert-OH is 1. The second-order valence-electron chi connectivity index (χ2n) is 15.9. The summed E-state index contributed by atoms with van der Waals surface area (Å²) in [5.74, 6) is 0.989. The molecule has 4 nitrogen and oxygen atoms in total. The molecular weight excluding hydrogens is 679 g/mol. The van der Waals surface area contributed by atoms with E-state index in [0.29, 0.717) is 28.3 Å².